The number of furan rings is 1. The quantitative estimate of drug-likeness (QED) is 0.556. The Morgan fingerprint density at radius 2 is 1.74 bits per heavy atom. The van der Waals surface area contributed by atoms with Crippen molar-refractivity contribution in [2.24, 2.45) is 5.92 Å². The highest BCUT2D eigenvalue weighted by Gasteiger charge is 2.33. The number of aromatic nitrogens is 3. The van der Waals surface area contributed by atoms with Gasteiger partial charge in [-0.3, -0.25) is 4.79 Å². The van der Waals surface area contributed by atoms with Gasteiger partial charge in [0.1, 0.15) is 11.5 Å². The zero-order chi connectivity index (χ0) is 24.4. The van der Waals surface area contributed by atoms with E-state index in [-0.39, 0.29) is 11.8 Å². The van der Waals surface area contributed by atoms with Gasteiger partial charge in [-0.1, -0.05) is 0 Å². The molecule has 2 fully saturated rings. The smallest absolute Gasteiger partial charge is 0.417 e. The van der Waals surface area contributed by atoms with E-state index in [1.165, 1.54) is 6.07 Å². The van der Waals surface area contributed by atoms with Gasteiger partial charge in [0.05, 0.1) is 17.7 Å². The summed E-state index contributed by atoms with van der Waals surface area (Å²) < 4.78 is 43.7. The van der Waals surface area contributed by atoms with Crippen LogP contribution in [0.3, 0.4) is 0 Å². The Labute approximate surface area is 200 Å². The van der Waals surface area contributed by atoms with E-state index in [4.69, 9.17) is 4.42 Å². The van der Waals surface area contributed by atoms with Crippen LogP contribution in [0.25, 0.3) is 11.5 Å². The second kappa shape index (κ2) is 9.55. The molecule has 0 radical (unpaired) electrons. The van der Waals surface area contributed by atoms with Crippen LogP contribution in [0.2, 0.25) is 0 Å². The first-order valence-electron chi connectivity index (χ1n) is 11.6. The van der Waals surface area contributed by atoms with E-state index in [9.17, 15) is 18.0 Å². The average Bonchev–Trinajstić information content (AvgIpc) is 3.43. The molecular weight excluding hydrogens is 461 g/mol. The third-order valence-electron chi connectivity index (χ3n) is 6.51. The molecule has 5 heterocycles. The first-order chi connectivity index (χ1) is 16.9. The summed E-state index contributed by atoms with van der Waals surface area (Å²) in [6, 6.07) is 9.81. The van der Waals surface area contributed by atoms with E-state index in [0.717, 1.165) is 37.5 Å². The number of pyridine rings is 1. The number of piperazine rings is 1. The number of alkyl halides is 3. The lowest BCUT2D eigenvalue weighted by Gasteiger charge is -2.39. The second-order valence-electron chi connectivity index (χ2n) is 8.75. The number of nitrogens with zero attached hydrogens (tertiary/aromatic N) is 6. The molecule has 8 nitrogen and oxygen atoms in total. The predicted molar refractivity (Wildman–Crippen MR) is 123 cm³/mol. The fourth-order valence-electron chi connectivity index (χ4n) is 4.59. The molecule has 3 aromatic rings. The van der Waals surface area contributed by atoms with Crippen molar-refractivity contribution in [1.82, 2.24) is 20.1 Å². The van der Waals surface area contributed by atoms with Gasteiger partial charge >= 0.3 is 6.18 Å². The van der Waals surface area contributed by atoms with Crippen LogP contribution in [-0.2, 0) is 11.0 Å². The van der Waals surface area contributed by atoms with Crippen LogP contribution in [0.1, 0.15) is 18.4 Å². The molecule has 5 rings (SSSR count). The van der Waals surface area contributed by atoms with Gasteiger partial charge in [0.2, 0.25) is 5.91 Å². The Morgan fingerprint density at radius 3 is 2.37 bits per heavy atom. The first-order valence-corrected chi connectivity index (χ1v) is 11.6. The molecule has 0 saturated carbocycles. The van der Waals surface area contributed by atoms with Gasteiger partial charge in [0, 0.05) is 45.5 Å². The maximum absolute atomic E-state index is 13.2. The average molecular weight is 486 g/mol. The van der Waals surface area contributed by atoms with Crippen molar-refractivity contribution < 1.29 is 22.4 Å². The molecule has 3 aromatic heterocycles. The van der Waals surface area contributed by atoms with E-state index in [1.807, 2.05) is 28.0 Å². The first kappa shape index (κ1) is 23.1. The summed E-state index contributed by atoms with van der Waals surface area (Å²) in [6.45, 7) is 3.46. The summed E-state index contributed by atoms with van der Waals surface area (Å²) in [5, 5.41) is 8.59. The number of hydrogen-bond acceptors (Lipinski definition) is 7. The Balaban J connectivity index is 1.16. The lowest BCUT2D eigenvalue weighted by Crippen LogP contribution is -2.52. The highest BCUT2D eigenvalue weighted by Crippen LogP contribution is 2.30. The van der Waals surface area contributed by atoms with Gasteiger partial charge in [0.25, 0.3) is 0 Å². The van der Waals surface area contributed by atoms with Gasteiger partial charge in [0.15, 0.2) is 11.6 Å². The van der Waals surface area contributed by atoms with Crippen LogP contribution in [0.15, 0.2) is 53.3 Å². The number of halogens is 3. The molecule has 11 heteroatoms. The second-order valence-corrected chi connectivity index (χ2v) is 8.75. The fraction of sp³-hybridized carbons (Fsp3) is 0.417. The molecule has 0 spiro atoms. The van der Waals surface area contributed by atoms with Crippen molar-refractivity contribution in [1.29, 1.82) is 0 Å². The van der Waals surface area contributed by atoms with E-state index in [1.54, 1.807) is 12.3 Å². The summed E-state index contributed by atoms with van der Waals surface area (Å²) in [6.07, 6.45) is -0.266. The molecule has 2 saturated heterocycles. The van der Waals surface area contributed by atoms with Gasteiger partial charge in [-0.15, -0.1) is 10.2 Å². The van der Waals surface area contributed by atoms with Crippen molar-refractivity contribution in [2.75, 3.05) is 49.1 Å². The number of amides is 1. The number of piperidine rings is 1. The van der Waals surface area contributed by atoms with Crippen LogP contribution in [-0.4, -0.2) is 65.3 Å². The maximum atomic E-state index is 13.2. The van der Waals surface area contributed by atoms with Crippen LogP contribution >= 0.6 is 0 Å². The lowest BCUT2D eigenvalue weighted by molar-refractivity contribution is -0.138. The molecule has 184 valence electrons. The van der Waals surface area contributed by atoms with Crippen molar-refractivity contribution >= 4 is 17.5 Å². The number of anilines is 2. The van der Waals surface area contributed by atoms with E-state index >= 15 is 0 Å². The van der Waals surface area contributed by atoms with Crippen molar-refractivity contribution in [3.63, 3.8) is 0 Å². The number of rotatable bonds is 4. The SMILES string of the molecule is O=C(C1CCCN(c2ccc(-c3ccco3)nn2)C1)N1CCN(c2ccc(C(F)(F)F)cn2)CC1. The van der Waals surface area contributed by atoms with Crippen LogP contribution in [0, 0.1) is 5.92 Å². The molecule has 1 amide bonds. The molecule has 0 N–H and O–H groups in total. The molecule has 2 aliphatic heterocycles. The molecule has 0 aliphatic carbocycles. The fourth-order valence-corrected chi connectivity index (χ4v) is 4.59. The summed E-state index contributed by atoms with van der Waals surface area (Å²) in [4.78, 5) is 23.0. The molecule has 1 unspecified atom stereocenters. The summed E-state index contributed by atoms with van der Waals surface area (Å²) in [5.41, 5.74) is -0.110. The summed E-state index contributed by atoms with van der Waals surface area (Å²) >= 11 is 0. The number of hydrogen-bond donors (Lipinski definition) is 0. The topological polar surface area (TPSA) is 78.6 Å². The van der Waals surface area contributed by atoms with Crippen molar-refractivity contribution in [3.05, 3.63) is 54.4 Å². The van der Waals surface area contributed by atoms with Gasteiger partial charge in [-0.25, -0.2) is 4.98 Å². The van der Waals surface area contributed by atoms with Crippen molar-refractivity contribution in [2.45, 2.75) is 19.0 Å². The summed E-state index contributed by atoms with van der Waals surface area (Å²) in [7, 11) is 0. The highest BCUT2D eigenvalue weighted by atomic mass is 19.4. The Hall–Kier alpha value is -3.63. The van der Waals surface area contributed by atoms with E-state index < -0.39 is 11.7 Å². The standard InChI is InChI=1S/C24H25F3N6O2/c25-24(26,27)18-5-7-21(28-15-18)31-10-12-32(13-11-31)23(34)17-3-1-9-33(16-17)22-8-6-19(29-30-22)20-4-2-14-35-20/h2,4-8,14-15,17H,1,3,9-13,16H2. The minimum Gasteiger partial charge on any atom is -0.463 e. The normalized spacial score (nSPS) is 19.2. The Morgan fingerprint density at radius 1 is 0.943 bits per heavy atom. The maximum Gasteiger partial charge on any atom is 0.417 e. The molecule has 35 heavy (non-hydrogen) atoms. The lowest BCUT2D eigenvalue weighted by atomic mass is 9.96. The Kier molecular flexibility index (Phi) is 6.31. The van der Waals surface area contributed by atoms with Gasteiger partial charge in [-0.05, 0) is 49.2 Å². The van der Waals surface area contributed by atoms with E-state index in [0.29, 0.717) is 50.0 Å². The number of carbonyl (C=O) groups excluding carboxylic acids is 1. The third-order valence-corrected chi connectivity index (χ3v) is 6.51. The van der Waals surface area contributed by atoms with Crippen LogP contribution in [0.5, 0.6) is 0 Å². The molecule has 0 aromatic carbocycles. The molecule has 2 aliphatic rings. The minimum absolute atomic E-state index is 0.106. The van der Waals surface area contributed by atoms with Crippen LogP contribution < -0.4 is 9.80 Å². The minimum atomic E-state index is -4.41. The summed E-state index contributed by atoms with van der Waals surface area (Å²) in [5.74, 6) is 1.85. The van der Waals surface area contributed by atoms with Crippen molar-refractivity contribution in [3.8, 4) is 11.5 Å². The Bertz CT molecular complexity index is 1130. The monoisotopic (exact) mass is 486 g/mol. The van der Waals surface area contributed by atoms with Gasteiger partial charge in [-0.2, -0.15) is 13.2 Å². The van der Waals surface area contributed by atoms with E-state index in [2.05, 4.69) is 20.1 Å². The molecule has 0 bridgehead atoms. The largest absolute Gasteiger partial charge is 0.463 e. The van der Waals surface area contributed by atoms with Crippen LogP contribution in [0.4, 0.5) is 24.8 Å². The zero-order valence-corrected chi connectivity index (χ0v) is 19.0. The molecular formula is C24H25F3N6O2. The highest BCUT2D eigenvalue weighted by molar-refractivity contribution is 5.80. The van der Waals surface area contributed by atoms with Gasteiger partial charge < -0.3 is 19.1 Å². The predicted octanol–water partition coefficient (Wildman–Crippen LogP) is 3.72. The zero-order valence-electron chi connectivity index (χ0n) is 19.0. The number of carbonyl (C=O) groups is 1. The molecule has 1 atom stereocenters. The third kappa shape index (κ3) is 5.08.